The summed E-state index contributed by atoms with van der Waals surface area (Å²) in [4.78, 5) is 39.2. The first-order valence-electron chi connectivity index (χ1n) is 8.52. The Morgan fingerprint density at radius 2 is 1.96 bits per heavy atom. The van der Waals surface area contributed by atoms with Crippen LogP contribution in [-0.4, -0.2) is 29.2 Å². The molecule has 0 saturated carbocycles. The second-order valence-corrected chi connectivity index (χ2v) is 7.11. The molecule has 132 valence electrons. The van der Waals surface area contributed by atoms with Crippen molar-refractivity contribution in [1.29, 1.82) is 0 Å². The van der Waals surface area contributed by atoms with Gasteiger partial charge in [0.15, 0.2) is 5.78 Å². The van der Waals surface area contributed by atoms with Crippen LogP contribution < -0.4 is 5.32 Å². The molecule has 1 N–H and O–H groups in total. The SMILES string of the molecule is O=C(CN1C(=O)N[C@@]2(CCCc3ccccc32)C1=O)c1cccc(Cl)c1. The van der Waals surface area contributed by atoms with Crippen molar-refractivity contribution < 1.29 is 14.4 Å². The first kappa shape index (κ1) is 16.8. The standard InChI is InChI=1S/C20H17ClN2O3/c21-15-8-3-6-14(11-15)17(24)12-23-18(25)20(22-19(23)26)10-4-7-13-5-1-2-9-16(13)20/h1-3,5-6,8-9,11H,4,7,10,12H2,(H,22,26)/t20-/m1/s1. The molecule has 1 fully saturated rings. The second kappa shape index (κ2) is 6.25. The Kier molecular flexibility index (Phi) is 4.04. The number of urea groups is 1. The second-order valence-electron chi connectivity index (χ2n) is 6.67. The summed E-state index contributed by atoms with van der Waals surface area (Å²) < 4.78 is 0. The zero-order chi connectivity index (χ0) is 18.3. The number of hydrogen-bond donors (Lipinski definition) is 1. The summed E-state index contributed by atoms with van der Waals surface area (Å²) in [6.07, 6.45) is 2.22. The van der Waals surface area contributed by atoms with Gasteiger partial charge in [-0.2, -0.15) is 0 Å². The van der Waals surface area contributed by atoms with E-state index in [1.807, 2.05) is 24.3 Å². The van der Waals surface area contributed by atoms with Crippen LogP contribution in [-0.2, 0) is 16.8 Å². The van der Waals surface area contributed by atoms with Crippen molar-refractivity contribution in [3.8, 4) is 0 Å². The first-order chi connectivity index (χ1) is 12.5. The summed E-state index contributed by atoms with van der Waals surface area (Å²) >= 11 is 5.92. The van der Waals surface area contributed by atoms with E-state index in [1.165, 1.54) is 6.07 Å². The number of hydrogen-bond acceptors (Lipinski definition) is 3. The van der Waals surface area contributed by atoms with Crippen molar-refractivity contribution in [2.45, 2.75) is 24.8 Å². The minimum Gasteiger partial charge on any atom is -0.319 e. The van der Waals surface area contributed by atoms with Gasteiger partial charge in [-0.15, -0.1) is 0 Å². The minimum absolute atomic E-state index is 0.297. The van der Waals surface area contributed by atoms with Gasteiger partial charge in [-0.05, 0) is 42.5 Å². The van der Waals surface area contributed by atoms with Crippen LogP contribution in [0.3, 0.4) is 0 Å². The lowest BCUT2D eigenvalue weighted by atomic mass is 9.76. The molecule has 5 nitrogen and oxygen atoms in total. The third kappa shape index (κ3) is 2.59. The van der Waals surface area contributed by atoms with E-state index in [1.54, 1.807) is 18.2 Å². The van der Waals surface area contributed by atoms with Crippen molar-refractivity contribution in [3.63, 3.8) is 0 Å². The number of ketones is 1. The number of amides is 3. The molecule has 0 radical (unpaired) electrons. The molecule has 0 bridgehead atoms. The summed E-state index contributed by atoms with van der Waals surface area (Å²) in [7, 11) is 0. The first-order valence-corrected chi connectivity index (χ1v) is 8.90. The maximum Gasteiger partial charge on any atom is 0.325 e. The average Bonchev–Trinajstić information content (AvgIpc) is 2.87. The Hall–Kier alpha value is -2.66. The number of carbonyl (C=O) groups excluding carboxylic acids is 3. The molecule has 1 atom stereocenters. The van der Waals surface area contributed by atoms with Crippen LogP contribution in [0, 0.1) is 0 Å². The summed E-state index contributed by atoms with van der Waals surface area (Å²) in [5.41, 5.74) is 1.22. The van der Waals surface area contributed by atoms with Crippen LogP contribution >= 0.6 is 11.6 Å². The molecule has 0 aromatic heterocycles. The van der Waals surface area contributed by atoms with Gasteiger partial charge in [0.2, 0.25) is 0 Å². The molecule has 0 unspecified atom stereocenters. The maximum atomic E-state index is 13.2. The fourth-order valence-electron chi connectivity index (χ4n) is 3.85. The van der Waals surface area contributed by atoms with Gasteiger partial charge in [-0.25, -0.2) is 4.79 Å². The average molecular weight is 369 g/mol. The fourth-order valence-corrected chi connectivity index (χ4v) is 4.04. The number of Topliss-reactive ketones (excluding diaryl/α,β-unsaturated/α-hetero) is 1. The normalized spacial score (nSPS) is 21.7. The Morgan fingerprint density at radius 1 is 1.15 bits per heavy atom. The van der Waals surface area contributed by atoms with Gasteiger partial charge in [0, 0.05) is 10.6 Å². The summed E-state index contributed by atoms with van der Waals surface area (Å²) in [5, 5.41) is 3.29. The number of carbonyl (C=O) groups is 3. The van der Waals surface area contributed by atoms with E-state index in [4.69, 9.17) is 11.6 Å². The molecule has 26 heavy (non-hydrogen) atoms. The van der Waals surface area contributed by atoms with Crippen LogP contribution in [0.2, 0.25) is 5.02 Å². The Morgan fingerprint density at radius 3 is 2.77 bits per heavy atom. The van der Waals surface area contributed by atoms with Crippen LogP contribution in [0.5, 0.6) is 0 Å². The van der Waals surface area contributed by atoms with Crippen molar-refractivity contribution in [1.82, 2.24) is 10.2 Å². The predicted molar refractivity (Wildman–Crippen MR) is 97.1 cm³/mol. The highest BCUT2D eigenvalue weighted by Crippen LogP contribution is 2.39. The third-order valence-electron chi connectivity index (χ3n) is 5.10. The number of nitrogens with zero attached hydrogens (tertiary/aromatic N) is 1. The van der Waals surface area contributed by atoms with Crippen LogP contribution in [0.4, 0.5) is 4.79 Å². The van der Waals surface area contributed by atoms with Crippen LogP contribution in [0.15, 0.2) is 48.5 Å². The van der Waals surface area contributed by atoms with Gasteiger partial charge < -0.3 is 5.32 Å². The molecule has 2 aromatic carbocycles. The molecule has 2 aromatic rings. The predicted octanol–water partition coefficient (Wildman–Crippen LogP) is 3.31. The number of fused-ring (bicyclic) bond motifs is 2. The van der Waals surface area contributed by atoms with E-state index in [9.17, 15) is 14.4 Å². The lowest BCUT2D eigenvalue weighted by molar-refractivity contribution is -0.131. The van der Waals surface area contributed by atoms with Gasteiger partial charge in [0.25, 0.3) is 5.91 Å². The van der Waals surface area contributed by atoms with Crippen LogP contribution in [0.25, 0.3) is 0 Å². The molecule has 1 spiro atoms. The lowest BCUT2D eigenvalue weighted by Gasteiger charge is -2.33. The third-order valence-corrected chi connectivity index (χ3v) is 5.33. The smallest absolute Gasteiger partial charge is 0.319 e. The molecule has 2 aliphatic rings. The number of aryl methyl sites for hydroxylation is 1. The minimum atomic E-state index is -1.06. The number of halogens is 1. The molecular formula is C20H17ClN2O3. The number of benzene rings is 2. The number of nitrogens with one attached hydrogen (secondary N) is 1. The van der Waals surface area contributed by atoms with Crippen LogP contribution in [0.1, 0.15) is 34.3 Å². The van der Waals surface area contributed by atoms with Gasteiger partial charge in [0.05, 0.1) is 6.54 Å². The topological polar surface area (TPSA) is 66.5 Å². The molecule has 1 saturated heterocycles. The zero-order valence-corrected chi connectivity index (χ0v) is 14.8. The molecular weight excluding hydrogens is 352 g/mol. The quantitative estimate of drug-likeness (QED) is 0.667. The highest BCUT2D eigenvalue weighted by molar-refractivity contribution is 6.31. The van der Waals surface area contributed by atoms with E-state index in [0.29, 0.717) is 17.0 Å². The molecule has 1 aliphatic heterocycles. The van der Waals surface area contributed by atoms with Crippen molar-refractivity contribution in [2.75, 3.05) is 6.54 Å². The van der Waals surface area contributed by atoms with Crippen molar-refractivity contribution in [2.24, 2.45) is 0 Å². The van der Waals surface area contributed by atoms with Gasteiger partial charge >= 0.3 is 6.03 Å². The van der Waals surface area contributed by atoms with E-state index < -0.39 is 11.6 Å². The highest BCUT2D eigenvalue weighted by atomic mass is 35.5. The van der Waals surface area contributed by atoms with E-state index in [2.05, 4.69) is 5.32 Å². The Bertz CT molecular complexity index is 927. The molecule has 1 heterocycles. The monoisotopic (exact) mass is 368 g/mol. The van der Waals surface area contributed by atoms with E-state index >= 15 is 0 Å². The molecule has 4 rings (SSSR count). The number of imide groups is 1. The number of rotatable bonds is 3. The highest BCUT2D eigenvalue weighted by Gasteiger charge is 2.54. The van der Waals surface area contributed by atoms with Crippen molar-refractivity contribution >= 4 is 29.3 Å². The van der Waals surface area contributed by atoms with E-state index in [0.717, 1.165) is 28.9 Å². The van der Waals surface area contributed by atoms with Crippen molar-refractivity contribution in [3.05, 3.63) is 70.2 Å². The largest absolute Gasteiger partial charge is 0.325 e. The summed E-state index contributed by atoms with van der Waals surface area (Å²) in [5.74, 6) is -0.679. The Balaban J connectivity index is 1.64. The summed E-state index contributed by atoms with van der Waals surface area (Å²) in [6.45, 7) is -0.297. The van der Waals surface area contributed by atoms with E-state index in [-0.39, 0.29) is 18.2 Å². The summed E-state index contributed by atoms with van der Waals surface area (Å²) in [6, 6.07) is 13.6. The lowest BCUT2D eigenvalue weighted by Crippen LogP contribution is -2.46. The maximum absolute atomic E-state index is 13.2. The molecule has 3 amide bonds. The van der Waals surface area contributed by atoms with Gasteiger partial charge in [-0.3, -0.25) is 14.5 Å². The van der Waals surface area contributed by atoms with Gasteiger partial charge in [0.1, 0.15) is 5.54 Å². The fraction of sp³-hybridized carbons (Fsp3) is 0.250. The Labute approximate surface area is 155 Å². The zero-order valence-electron chi connectivity index (χ0n) is 14.0. The molecule has 1 aliphatic carbocycles. The van der Waals surface area contributed by atoms with Gasteiger partial charge in [-0.1, -0.05) is 48.0 Å². The molecule has 6 heteroatoms.